The number of hydrogen-bond donors (Lipinski definition) is 1. The summed E-state index contributed by atoms with van der Waals surface area (Å²) in [6.45, 7) is 2.86. The van der Waals surface area contributed by atoms with E-state index in [1.165, 1.54) is 11.6 Å². The molecule has 2 rings (SSSR count). The molecule has 1 aromatic carbocycles. The van der Waals surface area contributed by atoms with E-state index in [0.717, 1.165) is 0 Å². The highest BCUT2D eigenvalue weighted by Gasteiger charge is 2.07. The zero-order valence-electron chi connectivity index (χ0n) is 11.9. The predicted molar refractivity (Wildman–Crippen MR) is 74.2 cm³/mol. The molecule has 112 valence electrons. The Bertz CT molecular complexity index is 587. The molecule has 0 fully saturated rings. The van der Waals surface area contributed by atoms with Gasteiger partial charge in [-0.25, -0.2) is 8.96 Å². The first-order chi connectivity index (χ1) is 9.65. The van der Waals surface area contributed by atoms with E-state index in [1.807, 2.05) is 36.0 Å². The third kappa shape index (κ3) is 5.63. The third-order valence-corrected chi connectivity index (χ3v) is 3.09. The van der Waals surface area contributed by atoms with Crippen LogP contribution >= 0.6 is 0 Å². The summed E-state index contributed by atoms with van der Waals surface area (Å²) < 4.78 is 15.3. The number of carbonyl (C=O) groups excluding carboxylic acids is 1. The van der Waals surface area contributed by atoms with E-state index in [4.69, 9.17) is 0 Å². The highest BCUT2D eigenvalue weighted by atomic mass is 79.9. The fraction of sp³-hybridized carbons (Fsp3) is 0.250. The summed E-state index contributed by atoms with van der Waals surface area (Å²) in [6, 6.07) is 10.4. The van der Waals surface area contributed by atoms with Gasteiger partial charge in [0.05, 0.1) is 6.42 Å². The predicted octanol–water partition coefficient (Wildman–Crippen LogP) is -0.868. The molecule has 0 saturated heterocycles. The Morgan fingerprint density at radius 1 is 1.19 bits per heavy atom. The van der Waals surface area contributed by atoms with Gasteiger partial charge in [0, 0.05) is 24.2 Å². The van der Waals surface area contributed by atoms with Gasteiger partial charge in [-0.2, -0.15) is 0 Å². The molecule has 5 heteroatoms. The topological polar surface area (TPSA) is 33.0 Å². The normalized spacial score (nSPS) is 9.81. The van der Waals surface area contributed by atoms with Crippen molar-refractivity contribution in [3.63, 3.8) is 0 Å². The Balaban J connectivity index is 0.00000220. The van der Waals surface area contributed by atoms with Crippen LogP contribution in [-0.4, -0.2) is 5.91 Å². The molecule has 2 aromatic rings. The van der Waals surface area contributed by atoms with Crippen LogP contribution in [0.3, 0.4) is 0 Å². The second-order valence-corrected chi connectivity index (χ2v) is 4.73. The first-order valence-electron chi connectivity index (χ1n) is 6.61. The smallest absolute Gasteiger partial charge is 0.226 e. The zero-order valence-corrected chi connectivity index (χ0v) is 13.4. The van der Waals surface area contributed by atoms with Gasteiger partial charge in [-0.1, -0.05) is 18.2 Å². The van der Waals surface area contributed by atoms with Gasteiger partial charge in [-0.3, -0.25) is 4.79 Å². The Morgan fingerprint density at radius 3 is 2.52 bits per heavy atom. The molecule has 1 heterocycles. The average Bonchev–Trinajstić information content (AvgIpc) is 2.46. The standard InChI is InChI=1S/C16H17FN2O.BrH/c1-13-6-9-19(10-7-13)11-8-16(20)18-12-14-4-2-3-5-15(14)17;/h2-7,9-10H,8,11-12H2,1H3;1H. The van der Waals surface area contributed by atoms with Crippen LogP contribution in [0.25, 0.3) is 0 Å². The van der Waals surface area contributed by atoms with Gasteiger partial charge in [0.2, 0.25) is 5.91 Å². The summed E-state index contributed by atoms with van der Waals surface area (Å²) in [7, 11) is 0. The molecule has 0 saturated carbocycles. The minimum absolute atomic E-state index is 0. The SMILES string of the molecule is Cc1cc[n+](CCC(=O)NCc2ccccc2F)cc1.[Br-]. The molecule has 1 aromatic heterocycles. The largest absolute Gasteiger partial charge is 1.00 e. The maximum absolute atomic E-state index is 13.4. The Morgan fingerprint density at radius 2 is 1.86 bits per heavy atom. The van der Waals surface area contributed by atoms with Gasteiger partial charge >= 0.3 is 0 Å². The number of nitrogens with zero attached hydrogens (tertiary/aromatic N) is 1. The molecule has 21 heavy (non-hydrogen) atoms. The maximum atomic E-state index is 13.4. The van der Waals surface area contributed by atoms with Crippen LogP contribution in [0.5, 0.6) is 0 Å². The second kappa shape index (κ2) is 8.52. The number of benzene rings is 1. The Kier molecular flexibility index (Phi) is 7.02. The highest BCUT2D eigenvalue weighted by molar-refractivity contribution is 5.75. The van der Waals surface area contributed by atoms with Crippen LogP contribution in [0.15, 0.2) is 48.8 Å². The molecule has 0 bridgehead atoms. The van der Waals surface area contributed by atoms with E-state index in [0.29, 0.717) is 18.5 Å². The molecular weight excluding hydrogens is 335 g/mol. The van der Waals surface area contributed by atoms with Crippen molar-refractivity contribution < 1.29 is 30.7 Å². The van der Waals surface area contributed by atoms with Crippen LogP contribution in [0, 0.1) is 12.7 Å². The lowest BCUT2D eigenvalue weighted by Gasteiger charge is -2.05. The number of nitrogens with one attached hydrogen (secondary N) is 1. The Hall–Kier alpha value is -1.75. The van der Waals surface area contributed by atoms with Gasteiger partial charge in [0.15, 0.2) is 18.9 Å². The van der Waals surface area contributed by atoms with Crippen molar-refractivity contribution in [2.45, 2.75) is 26.4 Å². The Labute approximate surface area is 134 Å². The zero-order chi connectivity index (χ0) is 14.4. The van der Waals surface area contributed by atoms with E-state index in [2.05, 4.69) is 5.32 Å². The summed E-state index contributed by atoms with van der Waals surface area (Å²) in [5.41, 5.74) is 1.69. The first-order valence-corrected chi connectivity index (χ1v) is 6.61. The minimum Gasteiger partial charge on any atom is -1.00 e. The number of hydrogen-bond acceptors (Lipinski definition) is 1. The molecule has 0 spiro atoms. The average molecular weight is 353 g/mol. The lowest BCUT2D eigenvalue weighted by atomic mass is 10.2. The van der Waals surface area contributed by atoms with Gasteiger partial charge < -0.3 is 22.3 Å². The fourth-order valence-electron chi connectivity index (χ4n) is 1.84. The lowest BCUT2D eigenvalue weighted by molar-refractivity contribution is -0.695. The van der Waals surface area contributed by atoms with E-state index in [1.54, 1.807) is 18.2 Å². The number of halogens is 2. The van der Waals surface area contributed by atoms with Crippen molar-refractivity contribution in [3.05, 3.63) is 65.7 Å². The summed E-state index contributed by atoms with van der Waals surface area (Å²) in [6.07, 6.45) is 4.27. The monoisotopic (exact) mass is 352 g/mol. The van der Waals surface area contributed by atoms with Crippen molar-refractivity contribution in [3.8, 4) is 0 Å². The fourth-order valence-corrected chi connectivity index (χ4v) is 1.84. The van der Waals surface area contributed by atoms with Gasteiger partial charge in [0.1, 0.15) is 5.82 Å². The van der Waals surface area contributed by atoms with E-state index in [9.17, 15) is 9.18 Å². The summed E-state index contributed by atoms with van der Waals surface area (Å²) in [5, 5.41) is 2.73. The second-order valence-electron chi connectivity index (χ2n) is 4.73. The number of amides is 1. The first kappa shape index (κ1) is 17.3. The van der Waals surface area contributed by atoms with Crippen LogP contribution < -0.4 is 26.9 Å². The van der Waals surface area contributed by atoms with Crippen molar-refractivity contribution >= 4 is 5.91 Å². The highest BCUT2D eigenvalue weighted by Crippen LogP contribution is 2.05. The molecular formula is C16H18BrFN2O. The van der Waals surface area contributed by atoms with Gasteiger partial charge in [-0.15, -0.1) is 0 Å². The number of carbonyl (C=O) groups is 1. The van der Waals surface area contributed by atoms with Crippen LogP contribution in [0.4, 0.5) is 4.39 Å². The van der Waals surface area contributed by atoms with Crippen LogP contribution in [0.1, 0.15) is 17.5 Å². The van der Waals surface area contributed by atoms with Gasteiger partial charge in [0.25, 0.3) is 0 Å². The molecule has 3 nitrogen and oxygen atoms in total. The van der Waals surface area contributed by atoms with E-state index in [-0.39, 0.29) is 35.3 Å². The number of pyridine rings is 1. The molecule has 0 aliphatic carbocycles. The maximum Gasteiger partial charge on any atom is 0.226 e. The van der Waals surface area contributed by atoms with Crippen molar-refractivity contribution in [2.75, 3.05) is 0 Å². The quantitative estimate of drug-likeness (QED) is 0.697. The molecule has 0 unspecified atom stereocenters. The van der Waals surface area contributed by atoms with E-state index < -0.39 is 0 Å². The minimum atomic E-state index is -0.291. The lowest BCUT2D eigenvalue weighted by Crippen LogP contribution is -3.00. The van der Waals surface area contributed by atoms with Crippen molar-refractivity contribution in [1.29, 1.82) is 0 Å². The molecule has 0 radical (unpaired) electrons. The number of rotatable bonds is 5. The number of aromatic nitrogens is 1. The van der Waals surface area contributed by atoms with Crippen LogP contribution in [-0.2, 0) is 17.9 Å². The molecule has 1 N–H and O–H groups in total. The summed E-state index contributed by atoms with van der Waals surface area (Å²) in [4.78, 5) is 11.7. The summed E-state index contributed by atoms with van der Waals surface area (Å²) in [5.74, 6) is -0.373. The van der Waals surface area contributed by atoms with Gasteiger partial charge in [-0.05, 0) is 18.6 Å². The van der Waals surface area contributed by atoms with E-state index >= 15 is 0 Å². The molecule has 0 aliphatic heterocycles. The van der Waals surface area contributed by atoms with Crippen molar-refractivity contribution in [1.82, 2.24) is 5.32 Å². The third-order valence-electron chi connectivity index (χ3n) is 3.09. The molecule has 0 atom stereocenters. The molecule has 1 amide bonds. The number of aryl methyl sites for hydroxylation is 2. The van der Waals surface area contributed by atoms with Crippen molar-refractivity contribution in [2.24, 2.45) is 0 Å². The molecule has 0 aliphatic rings. The van der Waals surface area contributed by atoms with Crippen LogP contribution in [0.2, 0.25) is 0 Å². The summed E-state index contributed by atoms with van der Waals surface area (Å²) >= 11 is 0.